The molecular formula is C48H109ClN12. The number of rotatable bonds is 56. The van der Waals surface area contributed by atoms with Crippen molar-refractivity contribution in [3.05, 3.63) is 12.2 Å². The fourth-order valence-corrected chi connectivity index (χ4v) is 6.89. The molecule has 0 aromatic rings. The predicted molar refractivity (Wildman–Crippen MR) is 275 cm³/mol. The Kier molecular flexibility index (Phi) is 63.3. The topological polar surface area (TPSA) is 144 Å². The van der Waals surface area contributed by atoms with Crippen LogP contribution in [0.3, 0.4) is 0 Å². The normalized spacial score (nSPS) is 11.6. The summed E-state index contributed by atoms with van der Waals surface area (Å²) >= 11 is 0. The largest absolute Gasteiger partial charge is 0.317 e. The third-order valence-electron chi connectivity index (χ3n) is 10.8. The minimum absolute atomic E-state index is 0. The number of nitrogens with one attached hydrogen (secondary N) is 12. The van der Waals surface area contributed by atoms with E-state index < -0.39 is 0 Å². The first-order valence-corrected chi connectivity index (χ1v) is 26.0. The van der Waals surface area contributed by atoms with Crippen LogP contribution in [-0.2, 0) is 0 Å². The van der Waals surface area contributed by atoms with Crippen molar-refractivity contribution in [3.8, 4) is 0 Å². The lowest BCUT2D eigenvalue weighted by molar-refractivity contribution is 0.533. The minimum Gasteiger partial charge on any atom is -0.317 e. The minimum atomic E-state index is 0. The van der Waals surface area contributed by atoms with E-state index in [4.69, 9.17) is 0 Å². The van der Waals surface area contributed by atoms with Crippen LogP contribution in [0, 0.1) is 0 Å². The lowest BCUT2D eigenvalue weighted by Gasteiger charge is -2.08. The van der Waals surface area contributed by atoms with Gasteiger partial charge >= 0.3 is 0 Å². The average molecular weight is 890 g/mol. The van der Waals surface area contributed by atoms with Crippen molar-refractivity contribution in [2.24, 2.45) is 0 Å². The maximum atomic E-state index is 3.62. The van der Waals surface area contributed by atoms with E-state index in [2.05, 4.69) is 89.8 Å². The fraction of sp³-hybridized carbons (Fsp3) is 0.958. The molecule has 0 saturated heterocycles. The highest BCUT2D eigenvalue weighted by Gasteiger charge is 1.97. The van der Waals surface area contributed by atoms with Gasteiger partial charge in [0.15, 0.2) is 0 Å². The summed E-state index contributed by atoms with van der Waals surface area (Å²) in [5, 5.41) is 42.7. The zero-order valence-corrected chi connectivity index (χ0v) is 41.5. The summed E-state index contributed by atoms with van der Waals surface area (Å²) in [5.41, 5.74) is 0. The van der Waals surface area contributed by atoms with Crippen LogP contribution in [0.2, 0.25) is 0 Å². The molecule has 0 fully saturated rings. The van der Waals surface area contributed by atoms with Gasteiger partial charge in [-0.2, -0.15) is 0 Å². The van der Waals surface area contributed by atoms with Crippen LogP contribution in [0.15, 0.2) is 12.2 Å². The Morgan fingerprint density at radius 2 is 0.328 bits per heavy atom. The molecule has 0 rings (SSSR count). The van der Waals surface area contributed by atoms with E-state index in [9.17, 15) is 0 Å². The van der Waals surface area contributed by atoms with E-state index in [1.165, 1.54) is 128 Å². The Hall–Kier alpha value is -0.450. The van der Waals surface area contributed by atoms with Crippen LogP contribution in [0.25, 0.3) is 0 Å². The van der Waals surface area contributed by atoms with Gasteiger partial charge in [0.1, 0.15) is 0 Å². The Morgan fingerprint density at radius 1 is 0.197 bits per heavy atom. The van der Waals surface area contributed by atoms with Crippen molar-refractivity contribution < 1.29 is 0 Å². The van der Waals surface area contributed by atoms with Crippen molar-refractivity contribution >= 4 is 12.4 Å². The van der Waals surface area contributed by atoms with Gasteiger partial charge < -0.3 is 63.8 Å². The first-order chi connectivity index (χ1) is 29.9. The Bertz CT molecular complexity index is 710. The molecule has 368 valence electrons. The van der Waals surface area contributed by atoms with Crippen LogP contribution < -0.4 is 63.8 Å². The predicted octanol–water partition coefficient (Wildman–Crippen LogP) is 4.88. The molecular weight excluding hydrogens is 780 g/mol. The summed E-state index contributed by atoms with van der Waals surface area (Å²) in [6.07, 6.45) is 29.9. The van der Waals surface area contributed by atoms with Crippen molar-refractivity contribution in [1.82, 2.24) is 63.8 Å². The molecule has 0 radical (unpaired) electrons. The molecule has 0 aliphatic carbocycles. The molecule has 0 unspecified atom stereocenters. The summed E-state index contributed by atoms with van der Waals surface area (Å²) in [7, 11) is 0. The molecule has 0 aromatic heterocycles. The van der Waals surface area contributed by atoms with Gasteiger partial charge in [-0.15, -0.1) is 12.4 Å². The van der Waals surface area contributed by atoms with Crippen LogP contribution in [0.1, 0.15) is 142 Å². The molecule has 0 heterocycles. The first kappa shape index (κ1) is 62.6. The second kappa shape index (κ2) is 61.6. The van der Waals surface area contributed by atoms with Gasteiger partial charge in [-0.05, 0) is 272 Å². The highest BCUT2D eigenvalue weighted by atomic mass is 35.5. The number of halogens is 1. The molecule has 0 atom stereocenters. The van der Waals surface area contributed by atoms with E-state index in [0.717, 1.165) is 157 Å². The van der Waals surface area contributed by atoms with Crippen molar-refractivity contribution in [2.75, 3.05) is 157 Å². The standard InChI is InChI=1S/C48H108N12.ClH/c1-3-49-27-5-7-29-51-31-9-11-33-53-35-13-15-37-55-39-17-19-41-57-43-21-23-45-59-47-25-26-48-60-46-24-22-44-58-42-20-18-40-56-38-16-14-36-54-34-12-10-32-52-30-8-6-28-50-4-2;/h25-26,49-60H,3-24,27-48H2,1-2H3;1H/b26-25+;. The van der Waals surface area contributed by atoms with Crippen LogP contribution in [-0.4, -0.2) is 157 Å². The maximum Gasteiger partial charge on any atom is 0.0135 e. The number of hydrogen-bond donors (Lipinski definition) is 12. The van der Waals surface area contributed by atoms with Crippen molar-refractivity contribution in [2.45, 2.75) is 142 Å². The fourth-order valence-electron chi connectivity index (χ4n) is 6.89. The lowest BCUT2D eigenvalue weighted by Crippen LogP contribution is -2.23. The zero-order chi connectivity index (χ0) is 43.0. The van der Waals surface area contributed by atoms with E-state index in [-0.39, 0.29) is 12.4 Å². The summed E-state index contributed by atoms with van der Waals surface area (Å²) in [5.74, 6) is 0. The first-order valence-electron chi connectivity index (χ1n) is 26.0. The van der Waals surface area contributed by atoms with Gasteiger partial charge in [-0.1, -0.05) is 26.0 Å². The zero-order valence-electron chi connectivity index (χ0n) is 40.7. The quantitative estimate of drug-likeness (QED) is 0.0299. The van der Waals surface area contributed by atoms with Gasteiger partial charge in [-0.25, -0.2) is 0 Å². The lowest BCUT2D eigenvalue weighted by atomic mass is 10.2. The molecule has 61 heavy (non-hydrogen) atoms. The Labute approximate surface area is 386 Å². The second-order valence-corrected chi connectivity index (χ2v) is 16.7. The Balaban J connectivity index is 0. The molecule has 0 aliphatic heterocycles. The molecule has 12 nitrogen and oxygen atoms in total. The smallest absolute Gasteiger partial charge is 0.0135 e. The third-order valence-corrected chi connectivity index (χ3v) is 10.8. The van der Waals surface area contributed by atoms with Crippen molar-refractivity contribution in [1.29, 1.82) is 0 Å². The van der Waals surface area contributed by atoms with Gasteiger partial charge in [0.2, 0.25) is 0 Å². The molecule has 0 spiro atoms. The summed E-state index contributed by atoms with van der Waals surface area (Å²) in [6.45, 7) is 31.4. The molecule has 0 aromatic carbocycles. The summed E-state index contributed by atoms with van der Waals surface area (Å²) in [4.78, 5) is 0. The third kappa shape index (κ3) is 61.7. The average Bonchev–Trinajstić information content (AvgIpc) is 3.26. The summed E-state index contributed by atoms with van der Waals surface area (Å²) < 4.78 is 0. The van der Waals surface area contributed by atoms with Crippen LogP contribution in [0.4, 0.5) is 0 Å². The molecule has 12 N–H and O–H groups in total. The summed E-state index contributed by atoms with van der Waals surface area (Å²) in [6, 6.07) is 0. The van der Waals surface area contributed by atoms with Gasteiger partial charge in [0.25, 0.3) is 0 Å². The molecule has 0 aliphatic rings. The van der Waals surface area contributed by atoms with E-state index in [0.29, 0.717) is 0 Å². The number of hydrogen-bond acceptors (Lipinski definition) is 12. The second-order valence-electron chi connectivity index (χ2n) is 16.7. The SMILES string of the molecule is CCNCCCCNCCCCNCCCCNCCCCNCCCCNC/C=C/CNCCCCNCCCCNCCCCNCCCCNCCCCNCC.Cl. The Morgan fingerprint density at radius 3 is 0.475 bits per heavy atom. The van der Waals surface area contributed by atoms with Gasteiger partial charge in [0, 0.05) is 13.1 Å². The van der Waals surface area contributed by atoms with Crippen LogP contribution >= 0.6 is 12.4 Å². The van der Waals surface area contributed by atoms with E-state index in [1.807, 2.05) is 0 Å². The van der Waals surface area contributed by atoms with Gasteiger partial charge in [0.05, 0.1) is 0 Å². The van der Waals surface area contributed by atoms with Gasteiger partial charge in [-0.3, -0.25) is 0 Å². The van der Waals surface area contributed by atoms with Crippen LogP contribution in [0.5, 0.6) is 0 Å². The maximum absolute atomic E-state index is 3.62. The van der Waals surface area contributed by atoms with E-state index in [1.54, 1.807) is 0 Å². The molecule has 0 amide bonds. The highest BCUT2D eigenvalue weighted by Crippen LogP contribution is 1.94. The monoisotopic (exact) mass is 889 g/mol. The molecule has 13 heteroatoms. The molecule has 0 saturated carbocycles. The molecule has 0 bridgehead atoms. The van der Waals surface area contributed by atoms with Crippen molar-refractivity contribution in [3.63, 3.8) is 0 Å². The van der Waals surface area contributed by atoms with E-state index >= 15 is 0 Å². The highest BCUT2D eigenvalue weighted by molar-refractivity contribution is 5.85. The number of unbranched alkanes of at least 4 members (excludes halogenated alkanes) is 10.